The van der Waals surface area contributed by atoms with Gasteiger partial charge in [0.2, 0.25) is 11.9 Å². The molecule has 0 radical (unpaired) electrons. The summed E-state index contributed by atoms with van der Waals surface area (Å²) in [6.07, 6.45) is 3.87. The van der Waals surface area contributed by atoms with Crippen LogP contribution in [0.1, 0.15) is 30.9 Å². The molecule has 1 fully saturated rings. The van der Waals surface area contributed by atoms with E-state index >= 15 is 0 Å². The van der Waals surface area contributed by atoms with Crippen molar-refractivity contribution in [2.75, 3.05) is 38.0 Å². The summed E-state index contributed by atoms with van der Waals surface area (Å²) >= 11 is 5.69. The Bertz CT molecular complexity index is 789. The van der Waals surface area contributed by atoms with E-state index in [9.17, 15) is 9.18 Å². The molecular formula is C20H24ClFN4O. The first-order valence-corrected chi connectivity index (χ1v) is 9.67. The quantitative estimate of drug-likeness (QED) is 0.731. The highest BCUT2D eigenvalue weighted by Crippen LogP contribution is 2.34. The average Bonchev–Trinajstić information content (AvgIpc) is 2.68. The van der Waals surface area contributed by atoms with Crippen LogP contribution in [-0.4, -0.2) is 53.8 Å². The zero-order valence-corrected chi connectivity index (χ0v) is 16.4. The maximum Gasteiger partial charge on any atom is 0.225 e. The number of aromatic nitrogens is 2. The van der Waals surface area contributed by atoms with Crippen molar-refractivity contribution in [2.24, 2.45) is 0 Å². The second-order valence-corrected chi connectivity index (χ2v) is 7.34. The summed E-state index contributed by atoms with van der Waals surface area (Å²) in [5.74, 6) is 1.07. The van der Waals surface area contributed by atoms with E-state index in [0.29, 0.717) is 31.3 Å². The summed E-state index contributed by atoms with van der Waals surface area (Å²) in [7, 11) is 3.81. The molecule has 1 aromatic carbocycles. The minimum absolute atomic E-state index is 0.110. The summed E-state index contributed by atoms with van der Waals surface area (Å²) in [5, 5.41) is 0. The summed E-state index contributed by atoms with van der Waals surface area (Å²) in [4.78, 5) is 25.1. The molecule has 1 aliphatic rings. The van der Waals surface area contributed by atoms with Crippen LogP contribution in [0.5, 0.6) is 0 Å². The monoisotopic (exact) mass is 390 g/mol. The lowest BCUT2D eigenvalue weighted by atomic mass is 9.89. The fourth-order valence-corrected chi connectivity index (χ4v) is 3.57. The Labute approximate surface area is 164 Å². The van der Waals surface area contributed by atoms with E-state index in [1.807, 2.05) is 30.1 Å². The summed E-state index contributed by atoms with van der Waals surface area (Å²) < 4.78 is 13.3. The predicted molar refractivity (Wildman–Crippen MR) is 106 cm³/mol. The van der Waals surface area contributed by atoms with Crippen LogP contribution in [0.15, 0.2) is 30.5 Å². The molecule has 1 saturated heterocycles. The van der Waals surface area contributed by atoms with Gasteiger partial charge in [-0.15, -0.1) is 11.6 Å². The van der Waals surface area contributed by atoms with Gasteiger partial charge in [-0.1, -0.05) is 12.1 Å². The maximum absolute atomic E-state index is 13.3. The van der Waals surface area contributed by atoms with Gasteiger partial charge in [-0.3, -0.25) is 4.79 Å². The molecule has 2 aromatic rings. The standard InChI is InChI=1S/C20H24ClFN4O/c1-25(2)20-23-13-17(14-3-5-16(22)6-4-14)19(24-20)15-8-11-26(12-9-15)18(27)7-10-21/h3-6,13,15H,7-12H2,1-2H3. The number of hydrogen-bond donors (Lipinski definition) is 0. The van der Waals surface area contributed by atoms with Crippen LogP contribution in [0, 0.1) is 5.82 Å². The number of halogens is 2. The highest BCUT2D eigenvalue weighted by atomic mass is 35.5. The van der Waals surface area contributed by atoms with Gasteiger partial charge in [-0.25, -0.2) is 14.4 Å². The highest BCUT2D eigenvalue weighted by Gasteiger charge is 2.27. The van der Waals surface area contributed by atoms with Gasteiger partial charge in [0.25, 0.3) is 0 Å². The molecule has 2 heterocycles. The first-order chi connectivity index (χ1) is 13.0. The number of carbonyl (C=O) groups is 1. The van der Waals surface area contributed by atoms with E-state index in [0.717, 1.165) is 29.7 Å². The van der Waals surface area contributed by atoms with Crippen molar-refractivity contribution in [1.29, 1.82) is 0 Å². The Morgan fingerprint density at radius 3 is 2.52 bits per heavy atom. The summed E-state index contributed by atoms with van der Waals surface area (Å²) in [6, 6.07) is 6.41. The number of alkyl halides is 1. The number of piperidine rings is 1. The first kappa shape index (κ1) is 19.5. The molecule has 0 bridgehead atoms. The third-order valence-electron chi connectivity index (χ3n) is 4.90. The van der Waals surface area contributed by atoms with Gasteiger partial charge < -0.3 is 9.80 Å². The zero-order chi connectivity index (χ0) is 19.4. The van der Waals surface area contributed by atoms with Gasteiger partial charge in [0.15, 0.2) is 0 Å². The molecule has 0 atom stereocenters. The normalized spacial score (nSPS) is 15.0. The number of hydrogen-bond acceptors (Lipinski definition) is 4. The van der Waals surface area contributed by atoms with Crippen molar-refractivity contribution in [3.8, 4) is 11.1 Å². The lowest BCUT2D eigenvalue weighted by Crippen LogP contribution is -2.38. The van der Waals surface area contributed by atoms with Crippen LogP contribution in [0.2, 0.25) is 0 Å². The smallest absolute Gasteiger partial charge is 0.225 e. The Balaban J connectivity index is 1.88. The molecule has 0 aliphatic carbocycles. The number of anilines is 1. The Hall–Kier alpha value is -2.21. The third kappa shape index (κ3) is 4.56. The maximum atomic E-state index is 13.3. The minimum Gasteiger partial charge on any atom is -0.347 e. The SMILES string of the molecule is CN(C)c1ncc(-c2ccc(F)cc2)c(C2CCN(C(=O)CCCl)CC2)n1. The largest absolute Gasteiger partial charge is 0.347 e. The van der Waals surface area contributed by atoms with Crippen molar-refractivity contribution in [3.63, 3.8) is 0 Å². The van der Waals surface area contributed by atoms with Crippen molar-refractivity contribution < 1.29 is 9.18 Å². The molecule has 27 heavy (non-hydrogen) atoms. The van der Waals surface area contributed by atoms with E-state index in [1.165, 1.54) is 12.1 Å². The fraction of sp³-hybridized carbons (Fsp3) is 0.450. The summed E-state index contributed by atoms with van der Waals surface area (Å²) in [6.45, 7) is 1.40. The molecule has 0 N–H and O–H groups in total. The van der Waals surface area contributed by atoms with Gasteiger partial charge in [0.1, 0.15) is 5.82 Å². The number of amides is 1. The number of benzene rings is 1. The molecule has 144 valence electrons. The fourth-order valence-electron chi connectivity index (χ4n) is 3.41. The van der Waals surface area contributed by atoms with Crippen LogP contribution in [-0.2, 0) is 4.79 Å². The average molecular weight is 391 g/mol. The molecule has 0 unspecified atom stereocenters. The van der Waals surface area contributed by atoms with Gasteiger partial charge in [0.05, 0.1) is 5.69 Å². The van der Waals surface area contributed by atoms with Crippen molar-refractivity contribution in [3.05, 3.63) is 42.0 Å². The second kappa shape index (κ2) is 8.65. The molecule has 7 heteroatoms. The van der Waals surface area contributed by atoms with Crippen molar-refractivity contribution in [1.82, 2.24) is 14.9 Å². The number of carbonyl (C=O) groups excluding carboxylic acids is 1. The van der Waals surface area contributed by atoms with Crippen LogP contribution in [0.3, 0.4) is 0 Å². The van der Waals surface area contributed by atoms with E-state index in [4.69, 9.17) is 16.6 Å². The van der Waals surface area contributed by atoms with Crippen LogP contribution in [0.4, 0.5) is 10.3 Å². The van der Waals surface area contributed by atoms with Crippen molar-refractivity contribution in [2.45, 2.75) is 25.2 Å². The molecular weight excluding hydrogens is 367 g/mol. The van der Waals surface area contributed by atoms with Gasteiger partial charge >= 0.3 is 0 Å². The predicted octanol–water partition coefficient (Wildman–Crippen LogP) is 3.68. The topological polar surface area (TPSA) is 49.3 Å². The number of rotatable bonds is 5. The molecule has 1 aromatic heterocycles. The third-order valence-corrected chi connectivity index (χ3v) is 5.09. The van der Waals surface area contributed by atoms with E-state index in [2.05, 4.69) is 4.98 Å². The number of nitrogens with zero attached hydrogens (tertiary/aromatic N) is 4. The Morgan fingerprint density at radius 1 is 1.26 bits per heavy atom. The first-order valence-electron chi connectivity index (χ1n) is 9.13. The van der Waals surface area contributed by atoms with E-state index in [-0.39, 0.29) is 17.6 Å². The molecule has 1 amide bonds. The zero-order valence-electron chi connectivity index (χ0n) is 15.7. The number of likely N-dealkylation sites (tertiary alicyclic amines) is 1. The Kier molecular flexibility index (Phi) is 6.26. The second-order valence-electron chi connectivity index (χ2n) is 6.96. The van der Waals surface area contributed by atoms with Gasteiger partial charge in [-0.05, 0) is 30.5 Å². The lowest BCUT2D eigenvalue weighted by Gasteiger charge is -2.32. The lowest BCUT2D eigenvalue weighted by molar-refractivity contribution is -0.131. The van der Waals surface area contributed by atoms with E-state index in [1.54, 1.807) is 12.1 Å². The minimum atomic E-state index is -0.266. The van der Waals surface area contributed by atoms with Crippen molar-refractivity contribution >= 4 is 23.5 Å². The highest BCUT2D eigenvalue weighted by molar-refractivity contribution is 6.18. The van der Waals surface area contributed by atoms with Crippen LogP contribution >= 0.6 is 11.6 Å². The molecule has 5 nitrogen and oxygen atoms in total. The molecule has 0 saturated carbocycles. The van der Waals surface area contributed by atoms with Crippen LogP contribution < -0.4 is 4.90 Å². The Morgan fingerprint density at radius 2 is 1.93 bits per heavy atom. The van der Waals surface area contributed by atoms with Crippen LogP contribution in [0.25, 0.3) is 11.1 Å². The molecule has 0 spiro atoms. The van der Waals surface area contributed by atoms with E-state index < -0.39 is 0 Å². The summed E-state index contributed by atoms with van der Waals surface area (Å²) in [5.41, 5.74) is 2.79. The van der Waals surface area contributed by atoms with Gasteiger partial charge in [0, 0.05) is 57.2 Å². The molecule has 3 rings (SSSR count). The van der Waals surface area contributed by atoms with Gasteiger partial charge in [-0.2, -0.15) is 0 Å². The molecule has 1 aliphatic heterocycles.